The summed E-state index contributed by atoms with van der Waals surface area (Å²) < 4.78 is 0. The zero-order valence-electron chi connectivity index (χ0n) is 12.6. The maximum absolute atomic E-state index is 9.34. The molecule has 1 rings (SSSR count). The van der Waals surface area contributed by atoms with Gasteiger partial charge in [-0.1, -0.05) is 0 Å². The number of hydrogen-bond acceptors (Lipinski definition) is 4. The number of nitrogens with one attached hydrogen (secondary N) is 1. The topological polar surface area (TPSA) is 38.7 Å². The van der Waals surface area contributed by atoms with Crippen LogP contribution in [0.3, 0.4) is 0 Å². The van der Waals surface area contributed by atoms with E-state index in [1.807, 2.05) is 7.05 Å². The summed E-state index contributed by atoms with van der Waals surface area (Å²) in [4.78, 5) is 5.09. The Bertz CT molecular complexity index is 221. The zero-order valence-corrected chi connectivity index (χ0v) is 12.6. The van der Waals surface area contributed by atoms with E-state index < -0.39 is 0 Å². The van der Waals surface area contributed by atoms with Crippen molar-refractivity contribution in [3.8, 4) is 0 Å². The summed E-state index contributed by atoms with van der Waals surface area (Å²) in [6.07, 6.45) is 2.18. The summed E-state index contributed by atoms with van der Waals surface area (Å²) in [5.74, 6) is 0. The molecule has 108 valence electrons. The molecule has 0 radical (unpaired) electrons. The van der Waals surface area contributed by atoms with Crippen LogP contribution in [0.25, 0.3) is 0 Å². The molecule has 4 heteroatoms. The van der Waals surface area contributed by atoms with Gasteiger partial charge in [-0.15, -0.1) is 0 Å². The van der Waals surface area contributed by atoms with Crippen molar-refractivity contribution < 1.29 is 5.11 Å². The average Bonchev–Trinajstić information content (AvgIpc) is 2.39. The molecule has 0 amide bonds. The molecule has 1 atom stereocenters. The van der Waals surface area contributed by atoms with E-state index in [1.165, 1.54) is 26.2 Å². The number of piperazine rings is 1. The quantitative estimate of drug-likeness (QED) is 0.706. The SMILES string of the molecule is CNC(C)(CO)CCCN1CCN(C(C)C)CC1. The van der Waals surface area contributed by atoms with Gasteiger partial charge in [0.1, 0.15) is 0 Å². The third-order valence-electron chi connectivity index (χ3n) is 4.29. The molecule has 0 aromatic rings. The van der Waals surface area contributed by atoms with E-state index in [0.29, 0.717) is 6.04 Å². The van der Waals surface area contributed by atoms with Gasteiger partial charge < -0.3 is 15.3 Å². The van der Waals surface area contributed by atoms with Gasteiger partial charge in [0, 0.05) is 37.8 Å². The molecule has 1 unspecified atom stereocenters. The first-order chi connectivity index (χ1) is 8.50. The number of likely N-dealkylation sites (N-methyl/N-ethyl adjacent to an activating group) is 1. The van der Waals surface area contributed by atoms with E-state index in [1.54, 1.807) is 0 Å². The lowest BCUT2D eigenvalue weighted by Crippen LogP contribution is -2.49. The molecule has 0 aromatic carbocycles. The van der Waals surface area contributed by atoms with Crippen molar-refractivity contribution in [2.45, 2.75) is 45.2 Å². The molecule has 2 N–H and O–H groups in total. The van der Waals surface area contributed by atoms with E-state index in [2.05, 4.69) is 35.9 Å². The van der Waals surface area contributed by atoms with Crippen molar-refractivity contribution in [1.29, 1.82) is 0 Å². The van der Waals surface area contributed by atoms with E-state index in [-0.39, 0.29) is 12.1 Å². The van der Waals surface area contributed by atoms with Crippen LogP contribution in [0.1, 0.15) is 33.6 Å². The average molecular weight is 257 g/mol. The molecule has 0 aliphatic carbocycles. The minimum absolute atomic E-state index is 0.111. The molecular formula is C14H31N3O. The largest absolute Gasteiger partial charge is 0.394 e. The summed E-state index contributed by atoms with van der Waals surface area (Å²) >= 11 is 0. The van der Waals surface area contributed by atoms with Gasteiger partial charge in [0.2, 0.25) is 0 Å². The minimum Gasteiger partial charge on any atom is -0.394 e. The molecule has 0 bridgehead atoms. The molecule has 1 saturated heterocycles. The van der Waals surface area contributed by atoms with Crippen molar-refractivity contribution in [2.24, 2.45) is 0 Å². The number of rotatable bonds is 7. The monoisotopic (exact) mass is 257 g/mol. The molecule has 1 aliphatic rings. The van der Waals surface area contributed by atoms with Crippen LogP contribution in [0.2, 0.25) is 0 Å². The Kier molecular flexibility index (Phi) is 6.57. The molecule has 0 saturated carbocycles. The Morgan fingerprint density at radius 3 is 2.28 bits per heavy atom. The smallest absolute Gasteiger partial charge is 0.0610 e. The Morgan fingerprint density at radius 2 is 1.83 bits per heavy atom. The first-order valence-electron chi connectivity index (χ1n) is 7.27. The molecular weight excluding hydrogens is 226 g/mol. The fourth-order valence-corrected chi connectivity index (χ4v) is 2.48. The summed E-state index contributed by atoms with van der Waals surface area (Å²) in [5, 5.41) is 12.5. The third-order valence-corrected chi connectivity index (χ3v) is 4.29. The number of aliphatic hydroxyl groups excluding tert-OH is 1. The van der Waals surface area contributed by atoms with Crippen molar-refractivity contribution in [2.75, 3.05) is 46.4 Å². The first-order valence-corrected chi connectivity index (χ1v) is 7.27. The van der Waals surface area contributed by atoms with Crippen molar-refractivity contribution >= 4 is 0 Å². The molecule has 1 heterocycles. The van der Waals surface area contributed by atoms with Crippen LogP contribution >= 0.6 is 0 Å². The second-order valence-electron chi connectivity index (χ2n) is 6.04. The van der Waals surface area contributed by atoms with Crippen molar-refractivity contribution in [3.63, 3.8) is 0 Å². The zero-order chi connectivity index (χ0) is 13.6. The minimum atomic E-state index is -0.111. The fourth-order valence-electron chi connectivity index (χ4n) is 2.48. The highest BCUT2D eigenvalue weighted by molar-refractivity contribution is 4.81. The van der Waals surface area contributed by atoms with E-state index in [4.69, 9.17) is 0 Å². The maximum atomic E-state index is 9.34. The fraction of sp³-hybridized carbons (Fsp3) is 1.00. The van der Waals surface area contributed by atoms with Crippen LogP contribution < -0.4 is 5.32 Å². The van der Waals surface area contributed by atoms with Gasteiger partial charge in [0.15, 0.2) is 0 Å². The number of hydrogen-bond donors (Lipinski definition) is 2. The highest BCUT2D eigenvalue weighted by Gasteiger charge is 2.22. The van der Waals surface area contributed by atoms with Gasteiger partial charge in [-0.2, -0.15) is 0 Å². The Hall–Kier alpha value is -0.160. The molecule has 4 nitrogen and oxygen atoms in total. The van der Waals surface area contributed by atoms with Gasteiger partial charge in [0.25, 0.3) is 0 Å². The normalized spacial score (nSPS) is 22.3. The van der Waals surface area contributed by atoms with Gasteiger partial charge in [0.05, 0.1) is 6.61 Å². The summed E-state index contributed by atoms with van der Waals surface area (Å²) in [6.45, 7) is 12.8. The molecule has 1 aliphatic heterocycles. The lowest BCUT2D eigenvalue weighted by molar-refractivity contribution is 0.102. The summed E-state index contributed by atoms with van der Waals surface area (Å²) in [6, 6.07) is 0.675. The Labute approximate surface area is 112 Å². The highest BCUT2D eigenvalue weighted by Crippen LogP contribution is 2.12. The molecule has 0 spiro atoms. The first kappa shape index (κ1) is 15.9. The number of aliphatic hydroxyl groups is 1. The van der Waals surface area contributed by atoms with Crippen molar-refractivity contribution in [3.05, 3.63) is 0 Å². The van der Waals surface area contributed by atoms with Gasteiger partial charge in [-0.05, 0) is 47.2 Å². The predicted octanol–water partition coefficient (Wildman–Crippen LogP) is 0.763. The lowest BCUT2D eigenvalue weighted by Gasteiger charge is -2.37. The van der Waals surface area contributed by atoms with E-state index >= 15 is 0 Å². The van der Waals surface area contributed by atoms with Crippen LogP contribution in [-0.4, -0.2) is 72.9 Å². The van der Waals surface area contributed by atoms with E-state index in [0.717, 1.165) is 19.4 Å². The molecule has 1 fully saturated rings. The lowest BCUT2D eigenvalue weighted by atomic mass is 9.97. The van der Waals surface area contributed by atoms with Crippen LogP contribution in [0.15, 0.2) is 0 Å². The Balaban J connectivity index is 2.18. The van der Waals surface area contributed by atoms with Crippen LogP contribution in [-0.2, 0) is 0 Å². The maximum Gasteiger partial charge on any atom is 0.0610 e. The van der Waals surface area contributed by atoms with Gasteiger partial charge in [-0.3, -0.25) is 4.90 Å². The van der Waals surface area contributed by atoms with Crippen LogP contribution in [0, 0.1) is 0 Å². The predicted molar refractivity (Wildman–Crippen MR) is 76.9 cm³/mol. The van der Waals surface area contributed by atoms with Crippen LogP contribution in [0.5, 0.6) is 0 Å². The van der Waals surface area contributed by atoms with Gasteiger partial charge >= 0.3 is 0 Å². The second kappa shape index (κ2) is 7.43. The summed E-state index contributed by atoms with van der Waals surface area (Å²) in [7, 11) is 1.93. The summed E-state index contributed by atoms with van der Waals surface area (Å²) in [5.41, 5.74) is -0.111. The van der Waals surface area contributed by atoms with E-state index in [9.17, 15) is 5.11 Å². The van der Waals surface area contributed by atoms with Crippen molar-refractivity contribution in [1.82, 2.24) is 15.1 Å². The third kappa shape index (κ3) is 4.84. The molecule has 18 heavy (non-hydrogen) atoms. The standard InChI is InChI=1S/C14H31N3O/c1-13(2)17-10-8-16(9-11-17)7-5-6-14(3,12-18)15-4/h13,15,18H,5-12H2,1-4H3. The van der Waals surface area contributed by atoms with Crippen LogP contribution in [0.4, 0.5) is 0 Å². The highest BCUT2D eigenvalue weighted by atomic mass is 16.3. The van der Waals surface area contributed by atoms with Gasteiger partial charge in [-0.25, -0.2) is 0 Å². The second-order valence-corrected chi connectivity index (χ2v) is 6.04. The number of nitrogens with zero attached hydrogens (tertiary/aromatic N) is 2. The Morgan fingerprint density at radius 1 is 1.22 bits per heavy atom. The molecule has 0 aromatic heterocycles.